The number of nitrogens with zero attached hydrogens (tertiary/aromatic N) is 7. The van der Waals surface area contributed by atoms with Gasteiger partial charge in [0.1, 0.15) is 18.2 Å². The summed E-state index contributed by atoms with van der Waals surface area (Å²) in [7, 11) is 6.06. The first-order chi connectivity index (χ1) is 12.3. The van der Waals surface area contributed by atoms with E-state index in [9.17, 15) is 4.79 Å². The van der Waals surface area contributed by atoms with Crippen LogP contribution in [0, 0.1) is 6.92 Å². The summed E-state index contributed by atoms with van der Waals surface area (Å²) >= 11 is 6.01. The molecule has 8 nitrogen and oxygen atoms in total. The minimum atomic E-state index is 0.0777. The SMILES string of the molecule is Cc1nn(CC(=O)N2CCC(c3nnc(CN(C)C)n3C)CC2)cc1Cl. The number of carbonyl (C=O) groups excluding carboxylic acids is 1. The van der Waals surface area contributed by atoms with Crippen molar-refractivity contribution < 1.29 is 4.79 Å². The molecule has 1 aliphatic heterocycles. The smallest absolute Gasteiger partial charge is 0.244 e. The Hall–Kier alpha value is -1.93. The minimum Gasteiger partial charge on any atom is -0.341 e. The van der Waals surface area contributed by atoms with Gasteiger partial charge in [-0.05, 0) is 33.9 Å². The quantitative estimate of drug-likeness (QED) is 0.786. The molecule has 1 amide bonds. The van der Waals surface area contributed by atoms with Gasteiger partial charge >= 0.3 is 0 Å². The second-order valence-electron chi connectivity index (χ2n) is 7.19. The van der Waals surface area contributed by atoms with Gasteiger partial charge in [0.25, 0.3) is 0 Å². The number of hydrogen-bond acceptors (Lipinski definition) is 5. The molecule has 3 rings (SSSR count). The molecular weight excluding hydrogens is 354 g/mol. The van der Waals surface area contributed by atoms with Crippen LogP contribution in [0.15, 0.2) is 6.20 Å². The third-order valence-corrected chi connectivity index (χ3v) is 5.22. The highest BCUT2D eigenvalue weighted by Crippen LogP contribution is 2.27. The van der Waals surface area contributed by atoms with Crippen LogP contribution in [-0.4, -0.2) is 67.4 Å². The van der Waals surface area contributed by atoms with Gasteiger partial charge in [0, 0.05) is 32.3 Å². The minimum absolute atomic E-state index is 0.0777. The number of aryl methyl sites for hydroxylation is 1. The molecule has 0 atom stereocenters. The predicted molar refractivity (Wildman–Crippen MR) is 98.9 cm³/mol. The average molecular weight is 380 g/mol. The van der Waals surface area contributed by atoms with E-state index in [1.165, 1.54) is 0 Å². The Morgan fingerprint density at radius 1 is 1.31 bits per heavy atom. The van der Waals surface area contributed by atoms with Crippen molar-refractivity contribution in [1.29, 1.82) is 0 Å². The molecule has 0 aromatic carbocycles. The van der Waals surface area contributed by atoms with E-state index >= 15 is 0 Å². The van der Waals surface area contributed by atoms with Crippen LogP contribution in [0.25, 0.3) is 0 Å². The van der Waals surface area contributed by atoms with Crippen LogP contribution < -0.4 is 0 Å². The second kappa shape index (κ2) is 7.75. The van der Waals surface area contributed by atoms with Crippen molar-refractivity contribution in [3.63, 3.8) is 0 Å². The second-order valence-corrected chi connectivity index (χ2v) is 7.59. The topological polar surface area (TPSA) is 72.1 Å². The molecule has 0 unspecified atom stereocenters. The zero-order valence-corrected chi connectivity index (χ0v) is 16.6. The molecule has 1 saturated heterocycles. The van der Waals surface area contributed by atoms with Crippen molar-refractivity contribution >= 4 is 17.5 Å². The number of rotatable bonds is 5. The van der Waals surface area contributed by atoms with Crippen molar-refractivity contribution in [3.8, 4) is 0 Å². The average Bonchev–Trinajstić information content (AvgIpc) is 3.10. The highest BCUT2D eigenvalue weighted by Gasteiger charge is 2.27. The van der Waals surface area contributed by atoms with Crippen LogP contribution in [0.3, 0.4) is 0 Å². The summed E-state index contributed by atoms with van der Waals surface area (Å²) in [5, 5.41) is 13.6. The van der Waals surface area contributed by atoms with E-state index < -0.39 is 0 Å². The molecule has 0 bridgehead atoms. The lowest BCUT2D eigenvalue weighted by atomic mass is 9.96. The van der Waals surface area contributed by atoms with E-state index in [2.05, 4.69) is 24.8 Å². The van der Waals surface area contributed by atoms with Crippen LogP contribution in [-0.2, 0) is 24.9 Å². The van der Waals surface area contributed by atoms with E-state index in [0.717, 1.165) is 49.8 Å². The molecule has 0 spiro atoms. The van der Waals surface area contributed by atoms with Crippen LogP contribution in [0.2, 0.25) is 5.02 Å². The van der Waals surface area contributed by atoms with Crippen LogP contribution in [0.4, 0.5) is 0 Å². The molecule has 26 heavy (non-hydrogen) atoms. The van der Waals surface area contributed by atoms with Crippen LogP contribution in [0.1, 0.15) is 36.1 Å². The fourth-order valence-electron chi connectivity index (χ4n) is 3.35. The molecule has 0 aliphatic carbocycles. The summed E-state index contributed by atoms with van der Waals surface area (Å²) < 4.78 is 3.71. The van der Waals surface area contributed by atoms with E-state index in [1.54, 1.807) is 10.9 Å². The summed E-state index contributed by atoms with van der Waals surface area (Å²) in [6.07, 6.45) is 3.50. The standard InChI is InChI=1S/C17H26ClN7O/c1-12-14(18)9-25(21-12)11-16(26)24-7-5-13(6-8-24)17-20-19-15(23(17)4)10-22(2)3/h9,13H,5-8,10-11H2,1-4H3. The molecule has 2 aromatic rings. The summed E-state index contributed by atoms with van der Waals surface area (Å²) in [6, 6.07) is 0. The Kier molecular flexibility index (Phi) is 5.62. The van der Waals surface area contributed by atoms with Crippen LogP contribution in [0.5, 0.6) is 0 Å². The molecule has 0 N–H and O–H groups in total. The predicted octanol–water partition coefficient (Wildman–Crippen LogP) is 1.44. The highest BCUT2D eigenvalue weighted by atomic mass is 35.5. The first-order valence-electron chi connectivity index (χ1n) is 8.85. The Labute approximate surface area is 158 Å². The fourth-order valence-corrected chi connectivity index (χ4v) is 3.50. The van der Waals surface area contributed by atoms with E-state index in [-0.39, 0.29) is 12.5 Å². The number of halogens is 1. The lowest BCUT2D eigenvalue weighted by Crippen LogP contribution is -2.40. The molecule has 1 fully saturated rings. The Morgan fingerprint density at radius 2 is 2.00 bits per heavy atom. The van der Waals surface area contributed by atoms with Gasteiger partial charge in [0.2, 0.25) is 5.91 Å². The number of hydrogen-bond donors (Lipinski definition) is 0. The normalized spacial score (nSPS) is 15.8. The Bertz CT molecular complexity index is 755. The van der Waals surface area contributed by atoms with Crippen molar-refractivity contribution in [2.24, 2.45) is 7.05 Å². The lowest BCUT2D eigenvalue weighted by molar-refractivity contribution is -0.133. The monoisotopic (exact) mass is 379 g/mol. The van der Waals surface area contributed by atoms with Crippen LogP contribution >= 0.6 is 11.6 Å². The van der Waals surface area contributed by atoms with Crippen molar-refractivity contribution in [3.05, 3.63) is 28.6 Å². The maximum absolute atomic E-state index is 12.5. The van der Waals surface area contributed by atoms with Gasteiger partial charge in [-0.25, -0.2) is 0 Å². The first kappa shape index (κ1) is 18.8. The molecule has 9 heteroatoms. The molecule has 0 saturated carbocycles. The summed E-state index contributed by atoms with van der Waals surface area (Å²) in [5.74, 6) is 2.40. The van der Waals surface area contributed by atoms with E-state index in [0.29, 0.717) is 10.9 Å². The van der Waals surface area contributed by atoms with Gasteiger partial charge in [-0.2, -0.15) is 5.10 Å². The maximum atomic E-state index is 12.5. The molecular formula is C17H26ClN7O. The summed E-state index contributed by atoms with van der Waals surface area (Å²) in [4.78, 5) is 16.5. The van der Waals surface area contributed by atoms with Gasteiger partial charge in [0.05, 0.1) is 17.3 Å². The van der Waals surface area contributed by atoms with E-state index in [1.807, 2.05) is 33.0 Å². The first-order valence-corrected chi connectivity index (χ1v) is 9.23. The molecule has 142 valence electrons. The molecule has 2 aromatic heterocycles. The fraction of sp³-hybridized carbons (Fsp3) is 0.647. The third-order valence-electron chi connectivity index (χ3n) is 4.85. The van der Waals surface area contributed by atoms with Gasteiger partial charge in [-0.15, -0.1) is 10.2 Å². The largest absolute Gasteiger partial charge is 0.341 e. The number of amides is 1. The van der Waals surface area contributed by atoms with Crippen molar-refractivity contribution in [2.75, 3.05) is 27.2 Å². The summed E-state index contributed by atoms with van der Waals surface area (Å²) in [5.41, 5.74) is 0.744. The number of piperidine rings is 1. The zero-order chi connectivity index (χ0) is 18.8. The van der Waals surface area contributed by atoms with Gasteiger partial charge in [-0.3, -0.25) is 9.48 Å². The number of likely N-dealkylation sites (tertiary alicyclic amines) is 1. The Morgan fingerprint density at radius 3 is 2.58 bits per heavy atom. The van der Waals surface area contributed by atoms with Crippen molar-refractivity contribution in [1.82, 2.24) is 34.3 Å². The zero-order valence-electron chi connectivity index (χ0n) is 15.8. The lowest BCUT2D eigenvalue weighted by Gasteiger charge is -2.31. The van der Waals surface area contributed by atoms with E-state index in [4.69, 9.17) is 11.6 Å². The van der Waals surface area contributed by atoms with Crippen molar-refractivity contribution in [2.45, 2.75) is 38.8 Å². The maximum Gasteiger partial charge on any atom is 0.244 e. The number of aromatic nitrogens is 5. The van der Waals surface area contributed by atoms with Gasteiger partial charge < -0.3 is 14.4 Å². The van der Waals surface area contributed by atoms with Gasteiger partial charge in [-0.1, -0.05) is 11.6 Å². The summed E-state index contributed by atoms with van der Waals surface area (Å²) in [6.45, 7) is 4.29. The highest BCUT2D eigenvalue weighted by molar-refractivity contribution is 6.31. The van der Waals surface area contributed by atoms with Gasteiger partial charge in [0.15, 0.2) is 0 Å². The molecule has 0 radical (unpaired) electrons. The third kappa shape index (κ3) is 4.07. The number of carbonyl (C=O) groups is 1. The molecule has 1 aliphatic rings. The Balaban J connectivity index is 1.57. The molecule has 3 heterocycles.